The average Bonchev–Trinajstić information content (AvgIpc) is 2.73. The van der Waals surface area contributed by atoms with Gasteiger partial charge in [-0.1, -0.05) is 30.3 Å². The molecule has 0 bridgehead atoms. The zero-order valence-corrected chi connectivity index (χ0v) is 19.4. The van der Waals surface area contributed by atoms with Gasteiger partial charge in [0.25, 0.3) is 0 Å². The summed E-state index contributed by atoms with van der Waals surface area (Å²) in [5, 5.41) is 6.66. The summed E-state index contributed by atoms with van der Waals surface area (Å²) in [4.78, 5) is 6.97. The van der Waals surface area contributed by atoms with Crippen LogP contribution in [0.4, 0.5) is 10.1 Å². The number of aliphatic imine (C=N–C) groups is 1. The Bertz CT molecular complexity index is 809. The van der Waals surface area contributed by atoms with Gasteiger partial charge < -0.3 is 20.3 Å². The number of hydrogen-bond acceptors (Lipinski definition) is 3. The molecule has 0 amide bonds. The predicted octanol–water partition coefficient (Wildman–Crippen LogP) is 3.84. The Kier molecular flexibility index (Phi) is 9.66. The molecular formula is C22H30FIN4O. The van der Waals surface area contributed by atoms with Gasteiger partial charge >= 0.3 is 0 Å². The lowest BCUT2D eigenvalue weighted by Gasteiger charge is -2.30. The van der Waals surface area contributed by atoms with E-state index < -0.39 is 0 Å². The van der Waals surface area contributed by atoms with Crippen LogP contribution in [0.25, 0.3) is 0 Å². The second kappa shape index (κ2) is 12.0. The fraction of sp³-hybridized carbons (Fsp3) is 0.409. The lowest BCUT2D eigenvalue weighted by atomic mass is 10.1. The van der Waals surface area contributed by atoms with Gasteiger partial charge in [-0.2, -0.15) is 0 Å². The molecule has 1 aliphatic heterocycles. The third-order valence-electron chi connectivity index (χ3n) is 4.79. The van der Waals surface area contributed by atoms with Crippen LogP contribution in [0, 0.1) is 12.7 Å². The molecule has 0 atom stereocenters. The van der Waals surface area contributed by atoms with Crippen molar-refractivity contribution < 1.29 is 9.13 Å². The molecule has 0 radical (unpaired) electrons. The highest BCUT2D eigenvalue weighted by Crippen LogP contribution is 2.21. The molecule has 1 saturated heterocycles. The van der Waals surface area contributed by atoms with Crippen LogP contribution >= 0.6 is 24.0 Å². The molecule has 0 aromatic heterocycles. The molecule has 5 nitrogen and oxygen atoms in total. The Labute approximate surface area is 189 Å². The van der Waals surface area contributed by atoms with Crippen LogP contribution in [0.3, 0.4) is 0 Å². The molecule has 29 heavy (non-hydrogen) atoms. The van der Waals surface area contributed by atoms with Crippen molar-refractivity contribution in [2.45, 2.75) is 26.9 Å². The van der Waals surface area contributed by atoms with Gasteiger partial charge in [0.05, 0.1) is 19.8 Å². The zero-order valence-electron chi connectivity index (χ0n) is 17.1. The summed E-state index contributed by atoms with van der Waals surface area (Å²) >= 11 is 0. The van der Waals surface area contributed by atoms with E-state index in [9.17, 15) is 4.39 Å². The first kappa shape index (κ1) is 23.4. The fourth-order valence-corrected chi connectivity index (χ4v) is 3.20. The summed E-state index contributed by atoms with van der Waals surface area (Å²) in [6.45, 7) is 9.00. The van der Waals surface area contributed by atoms with Crippen LogP contribution in [-0.2, 0) is 17.8 Å². The fourth-order valence-electron chi connectivity index (χ4n) is 3.20. The molecule has 2 aromatic carbocycles. The third kappa shape index (κ3) is 6.85. The molecule has 1 fully saturated rings. The Balaban J connectivity index is 0.00000300. The van der Waals surface area contributed by atoms with E-state index >= 15 is 0 Å². The van der Waals surface area contributed by atoms with E-state index in [1.807, 2.05) is 13.0 Å². The molecule has 0 unspecified atom stereocenters. The topological polar surface area (TPSA) is 48.9 Å². The van der Waals surface area contributed by atoms with Gasteiger partial charge in [0.15, 0.2) is 5.96 Å². The van der Waals surface area contributed by atoms with Crippen molar-refractivity contribution in [1.82, 2.24) is 10.6 Å². The van der Waals surface area contributed by atoms with Crippen molar-refractivity contribution in [2.24, 2.45) is 4.99 Å². The maximum atomic E-state index is 13.7. The van der Waals surface area contributed by atoms with Crippen LogP contribution in [0.2, 0.25) is 0 Å². The normalized spacial score (nSPS) is 14.3. The molecule has 1 heterocycles. The Morgan fingerprint density at radius 1 is 1.14 bits per heavy atom. The number of benzene rings is 2. The minimum absolute atomic E-state index is 0. The third-order valence-corrected chi connectivity index (χ3v) is 4.79. The van der Waals surface area contributed by atoms with E-state index in [1.165, 1.54) is 11.3 Å². The second-order valence-corrected chi connectivity index (χ2v) is 6.86. The van der Waals surface area contributed by atoms with Gasteiger partial charge in [-0.15, -0.1) is 24.0 Å². The smallest absolute Gasteiger partial charge is 0.191 e. The largest absolute Gasteiger partial charge is 0.378 e. The van der Waals surface area contributed by atoms with Gasteiger partial charge in [-0.3, -0.25) is 0 Å². The second-order valence-electron chi connectivity index (χ2n) is 6.86. The lowest BCUT2D eigenvalue weighted by molar-refractivity contribution is 0.122. The first-order chi connectivity index (χ1) is 13.7. The quantitative estimate of drug-likeness (QED) is 0.351. The van der Waals surface area contributed by atoms with Crippen LogP contribution in [0.5, 0.6) is 0 Å². The molecule has 7 heteroatoms. The zero-order chi connectivity index (χ0) is 19.8. The number of hydrogen-bond donors (Lipinski definition) is 2. The van der Waals surface area contributed by atoms with Gasteiger partial charge in [-0.25, -0.2) is 9.38 Å². The number of para-hydroxylation sites is 1. The van der Waals surface area contributed by atoms with Crippen LogP contribution < -0.4 is 15.5 Å². The molecule has 158 valence electrons. The van der Waals surface area contributed by atoms with Gasteiger partial charge in [0, 0.05) is 31.9 Å². The van der Waals surface area contributed by atoms with E-state index in [1.54, 1.807) is 19.1 Å². The standard InChI is InChI=1S/C22H29FN4O.HI/c1-3-24-22(25-15-18-9-8-17(2)20(23)14-18)26-16-19-6-4-5-7-21(19)27-10-12-28-13-11-27;/h4-9,14H,3,10-13,15-16H2,1-2H3,(H2,24,25,26);1H. The van der Waals surface area contributed by atoms with E-state index in [0.29, 0.717) is 18.7 Å². The summed E-state index contributed by atoms with van der Waals surface area (Å²) in [5.41, 5.74) is 3.96. The molecule has 2 aromatic rings. The molecule has 0 aliphatic carbocycles. The Hall–Kier alpha value is -1.87. The highest BCUT2D eigenvalue weighted by molar-refractivity contribution is 14.0. The number of guanidine groups is 1. The number of halogens is 2. The Morgan fingerprint density at radius 2 is 1.90 bits per heavy atom. The van der Waals surface area contributed by atoms with E-state index in [4.69, 9.17) is 4.74 Å². The SMILES string of the molecule is CCNC(=NCc1ccc(C)c(F)c1)NCc1ccccc1N1CCOCC1.I. The molecule has 0 saturated carbocycles. The minimum Gasteiger partial charge on any atom is -0.378 e. The number of anilines is 1. The van der Waals surface area contributed by atoms with Crippen LogP contribution in [-0.4, -0.2) is 38.8 Å². The van der Waals surface area contributed by atoms with Crippen LogP contribution in [0.1, 0.15) is 23.6 Å². The summed E-state index contributed by atoms with van der Waals surface area (Å²) in [6.07, 6.45) is 0. The highest BCUT2D eigenvalue weighted by Gasteiger charge is 2.14. The Morgan fingerprint density at radius 3 is 2.62 bits per heavy atom. The summed E-state index contributed by atoms with van der Waals surface area (Å²) in [6, 6.07) is 13.7. The van der Waals surface area contributed by atoms with Gasteiger partial charge in [-0.05, 0) is 42.7 Å². The van der Waals surface area contributed by atoms with Crippen molar-refractivity contribution in [3.63, 3.8) is 0 Å². The van der Waals surface area contributed by atoms with Gasteiger partial charge in [0.1, 0.15) is 5.82 Å². The number of aryl methyl sites for hydroxylation is 1. The minimum atomic E-state index is -0.190. The van der Waals surface area contributed by atoms with Crippen molar-refractivity contribution in [3.05, 3.63) is 65.0 Å². The molecular weight excluding hydrogens is 482 g/mol. The van der Waals surface area contributed by atoms with Crippen molar-refractivity contribution in [1.29, 1.82) is 0 Å². The van der Waals surface area contributed by atoms with E-state index in [-0.39, 0.29) is 29.8 Å². The molecule has 0 spiro atoms. The molecule has 1 aliphatic rings. The van der Waals surface area contributed by atoms with Crippen molar-refractivity contribution in [3.8, 4) is 0 Å². The number of morpholine rings is 1. The first-order valence-corrected chi connectivity index (χ1v) is 9.85. The predicted molar refractivity (Wildman–Crippen MR) is 128 cm³/mol. The molecule has 3 rings (SSSR count). The lowest BCUT2D eigenvalue weighted by Crippen LogP contribution is -2.39. The summed E-state index contributed by atoms with van der Waals surface area (Å²) in [5.74, 6) is 0.533. The molecule has 2 N–H and O–H groups in total. The van der Waals surface area contributed by atoms with Gasteiger partial charge in [0.2, 0.25) is 0 Å². The highest BCUT2D eigenvalue weighted by atomic mass is 127. The average molecular weight is 512 g/mol. The van der Waals surface area contributed by atoms with E-state index in [2.05, 4.69) is 44.8 Å². The van der Waals surface area contributed by atoms with Crippen molar-refractivity contribution >= 4 is 35.6 Å². The summed E-state index contributed by atoms with van der Waals surface area (Å²) < 4.78 is 19.2. The maximum Gasteiger partial charge on any atom is 0.191 e. The van der Waals surface area contributed by atoms with Crippen LogP contribution in [0.15, 0.2) is 47.5 Å². The summed E-state index contributed by atoms with van der Waals surface area (Å²) in [7, 11) is 0. The number of ether oxygens (including phenoxy) is 1. The number of rotatable bonds is 6. The monoisotopic (exact) mass is 512 g/mol. The number of nitrogens with one attached hydrogen (secondary N) is 2. The first-order valence-electron chi connectivity index (χ1n) is 9.85. The number of nitrogens with zero attached hydrogens (tertiary/aromatic N) is 2. The maximum absolute atomic E-state index is 13.7. The van der Waals surface area contributed by atoms with Crippen molar-refractivity contribution in [2.75, 3.05) is 37.7 Å². The van der Waals surface area contributed by atoms with E-state index in [0.717, 1.165) is 44.4 Å².